The molecule has 0 fully saturated rings. The summed E-state index contributed by atoms with van der Waals surface area (Å²) in [6, 6.07) is 6.65. The van der Waals surface area contributed by atoms with Gasteiger partial charge in [-0.2, -0.15) is 0 Å². The van der Waals surface area contributed by atoms with Crippen molar-refractivity contribution >= 4 is 17.6 Å². The van der Waals surface area contributed by atoms with E-state index in [0.29, 0.717) is 11.3 Å². The van der Waals surface area contributed by atoms with Crippen molar-refractivity contribution in [3.63, 3.8) is 0 Å². The minimum Gasteiger partial charge on any atom is -0.459 e. The second-order valence-corrected chi connectivity index (χ2v) is 3.72. The van der Waals surface area contributed by atoms with Gasteiger partial charge in [0.05, 0.1) is 11.7 Å². The summed E-state index contributed by atoms with van der Waals surface area (Å²) in [6.45, 7) is 4.99. The van der Waals surface area contributed by atoms with Crippen LogP contribution in [-0.2, 0) is 9.53 Å². The van der Waals surface area contributed by atoms with Gasteiger partial charge < -0.3 is 10.1 Å². The average molecular weight is 221 g/mol. The Hall–Kier alpha value is -1.84. The lowest BCUT2D eigenvalue weighted by atomic mass is 10.2. The molecule has 0 heterocycles. The van der Waals surface area contributed by atoms with Crippen LogP contribution in [0.25, 0.3) is 0 Å². The van der Waals surface area contributed by atoms with E-state index in [9.17, 15) is 9.59 Å². The lowest BCUT2D eigenvalue weighted by Gasteiger charge is -2.09. The summed E-state index contributed by atoms with van der Waals surface area (Å²) in [5, 5.41) is 2.61. The molecule has 0 aliphatic rings. The van der Waals surface area contributed by atoms with Crippen LogP contribution in [0.4, 0.5) is 5.69 Å². The molecule has 0 aliphatic carbocycles. The first-order chi connectivity index (χ1) is 7.49. The summed E-state index contributed by atoms with van der Waals surface area (Å²) in [4.78, 5) is 22.4. The average Bonchev–Trinajstić information content (AvgIpc) is 2.16. The topological polar surface area (TPSA) is 55.4 Å². The monoisotopic (exact) mass is 221 g/mol. The normalized spacial score (nSPS) is 10.0. The van der Waals surface area contributed by atoms with E-state index in [4.69, 9.17) is 4.74 Å². The standard InChI is InChI=1S/C12H15NO3/c1-8(2)16-12(15)10-5-4-6-11(7-10)13-9(3)14/h4-8H,1-3H3,(H,13,14). The van der Waals surface area contributed by atoms with Crippen LogP contribution in [0.15, 0.2) is 24.3 Å². The molecule has 1 aromatic carbocycles. The molecule has 16 heavy (non-hydrogen) atoms. The summed E-state index contributed by atoms with van der Waals surface area (Å²) < 4.78 is 5.04. The molecule has 0 saturated heterocycles. The Labute approximate surface area is 94.6 Å². The molecule has 0 aliphatic heterocycles. The van der Waals surface area contributed by atoms with Crippen LogP contribution in [0.5, 0.6) is 0 Å². The van der Waals surface area contributed by atoms with Crippen molar-refractivity contribution in [2.75, 3.05) is 5.32 Å². The van der Waals surface area contributed by atoms with Crippen molar-refractivity contribution in [1.29, 1.82) is 0 Å². The van der Waals surface area contributed by atoms with Gasteiger partial charge in [0.15, 0.2) is 0 Å². The highest BCUT2D eigenvalue weighted by atomic mass is 16.5. The number of carbonyl (C=O) groups excluding carboxylic acids is 2. The third kappa shape index (κ3) is 3.73. The maximum atomic E-state index is 11.6. The molecule has 0 radical (unpaired) electrons. The summed E-state index contributed by atoms with van der Waals surface area (Å²) in [5.74, 6) is -0.559. The van der Waals surface area contributed by atoms with E-state index in [2.05, 4.69) is 5.32 Å². The fraction of sp³-hybridized carbons (Fsp3) is 0.333. The van der Waals surface area contributed by atoms with Crippen molar-refractivity contribution in [3.8, 4) is 0 Å². The van der Waals surface area contributed by atoms with Crippen LogP contribution < -0.4 is 5.32 Å². The number of esters is 1. The molecule has 1 N–H and O–H groups in total. The lowest BCUT2D eigenvalue weighted by Crippen LogP contribution is -2.12. The smallest absolute Gasteiger partial charge is 0.338 e. The molecule has 0 saturated carbocycles. The Kier molecular flexibility index (Phi) is 4.05. The van der Waals surface area contributed by atoms with Crippen LogP contribution in [0.2, 0.25) is 0 Å². The fourth-order valence-corrected chi connectivity index (χ4v) is 1.21. The van der Waals surface area contributed by atoms with E-state index in [0.717, 1.165) is 0 Å². The van der Waals surface area contributed by atoms with E-state index in [1.165, 1.54) is 6.92 Å². The zero-order valence-corrected chi connectivity index (χ0v) is 9.61. The lowest BCUT2D eigenvalue weighted by molar-refractivity contribution is -0.114. The van der Waals surface area contributed by atoms with Crippen molar-refractivity contribution in [3.05, 3.63) is 29.8 Å². The maximum absolute atomic E-state index is 11.6. The van der Waals surface area contributed by atoms with Gasteiger partial charge in [-0.1, -0.05) is 6.07 Å². The molecular weight excluding hydrogens is 206 g/mol. The molecule has 0 atom stereocenters. The molecule has 0 unspecified atom stereocenters. The van der Waals surface area contributed by atoms with E-state index < -0.39 is 0 Å². The molecule has 1 amide bonds. The number of anilines is 1. The number of hydrogen-bond donors (Lipinski definition) is 1. The minimum absolute atomic E-state index is 0.156. The van der Waals surface area contributed by atoms with Crippen LogP contribution in [0, 0.1) is 0 Å². The van der Waals surface area contributed by atoms with E-state index in [1.54, 1.807) is 38.1 Å². The summed E-state index contributed by atoms with van der Waals surface area (Å²) in [7, 11) is 0. The Bertz CT molecular complexity index is 399. The molecule has 0 bridgehead atoms. The molecule has 4 nitrogen and oxygen atoms in total. The van der Waals surface area contributed by atoms with Gasteiger partial charge in [0, 0.05) is 12.6 Å². The van der Waals surface area contributed by atoms with E-state index >= 15 is 0 Å². The molecule has 1 aromatic rings. The molecule has 1 rings (SSSR count). The zero-order chi connectivity index (χ0) is 12.1. The fourth-order valence-electron chi connectivity index (χ4n) is 1.21. The number of rotatable bonds is 3. The predicted molar refractivity (Wildman–Crippen MR) is 61.3 cm³/mol. The van der Waals surface area contributed by atoms with Crippen molar-refractivity contribution in [2.45, 2.75) is 26.9 Å². The zero-order valence-electron chi connectivity index (χ0n) is 9.61. The van der Waals surface area contributed by atoms with Gasteiger partial charge in [0.1, 0.15) is 0 Å². The number of ether oxygens (including phenoxy) is 1. The van der Waals surface area contributed by atoms with E-state index in [-0.39, 0.29) is 18.0 Å². The van der Waals surface area contributed by atoms with Gasteiger partial charge in [-0.05, 0) is 32.0 Å². The Balaban J connectivity index is 2.81. The van der Waals surface area contributed by atoms with Gasteiger partial charge in [-0.25, -0.2) is 4.79 Å². The second-order valence-electron chi connectivity index (χ2n) is 3.72. The number of benzene rings is 1. The molecule has 4 heteroatoms. The largest absolute Gasteiger partial charge is 0.459 e. The van der Waals surface area contributed by atoms with Crippen LogP contribution >= 0.6 is 0 Å². The van der Waals surface area contributed by atoms with Crippen molar-refractivity contribution < 1.29 is 14.3 Å². The van der Waals surface area contributed by atoms with Crippen LogP contribution in [0.1, 0.15) is 31.1 Å². The Morgan fingerprint density at radius 3 is 2.56 bits per heavy atom. The molecule has 0 spiro atoms. The van der Waals surface area contributed by atoms with Gasteiger partial charge in [-0.15, -0.1) is 0 Å². The van der Waals surface area contributed by atoms with Crippen molar-refractivity contribution in [1.82, 2.24) is 0 Å². The highest BCUT2D eigenvalue weighted by Crippen LogP contribution is 2.12. The summed E-state index contributed by atoms with van der Waals surface area (Å²) >= 11 is 0. The third-order valence-corrected chi connectivity index (χ3v) is 1.76. The number of hydrogen-bond acceptors (Lipinski definition) is 3. The maximum Gasteiger partial charge on any atom is 0.338 e. The van der Waals surface area contributed by atoms with Crippen LogP contribution in [0.3, 0.4) is 0 Å². The number of nitrogens with one attached hydrogen (secondary N) is 1. The Morgan fingerprint density at radius 2 is 2.00 bits per heavy atom. The minimum atomic E-state index is -0.387. The molecule has 86 valence electrons. The number of amides is 1. The first kappa shape index (κ1) is 12.2. The summed E-state index contributed by atoms with van der Waals surface area (Å²) in [5.41, 5.74) is 1.02. The SMILES string of the molecule is CC(=O)Nc1cccc(C(=O)OC(C)C)c1. The second kappa shape index (κ2) is 5.30. The summed E-state index contributed by atoms with van der Waals surface area (Å²) in [6.07, 6.45) is -0.156. The van der Waals surface area contributed by atoms with E-state index in [1.807, 2.05) is 0 Å². The first-order valence-electron chi connectivity index (χ1n) is 5.07. The highest BCUT2D eigenvalue weighted by molar-refractivity contribution is 5.93. The van der Waals surface area contributed by atoms with Crippen molar-refractivity contribution in [2.24, 2.45) is 0 Å². The van der Waals surface area contributed by atoms with Gasteiger partial charge in [-0.3, -0.25) is 4.79 Å². The van der Waals surface area contributed by atoms with Crippen LogP contribution in [-0.4, -0.2) is 18.0 Å². The third-order valence-electron chi connectivity index (χ3n) is 1.76. The van der Waals surface area contributed by atoms with Gasteiger partial charge in [0.25, 0.3) is 0 Å². The molecule has 0 aromatic heterocycles. The quantitative estimate of drug-likeness (QED) is 0.796. The predicted octanol–water partition coefficient (Wildman–Crippen LogP) is 2.21. The Morgan fingerprint density at radius 1 is 1.31 bits per heavy atom. The van der Waals surface area contributed by atoms with Gasteiger partial charge >= 0.3 is 5.97 Å². The highest BCUT2D eigenvalue weighted by Gasteiger charge is 2.09. The molecular formula is C12H15NO3. The first-order valence-corrected chi connectivity index (χ1v) is 5.07. The number of carbonyl (C=O) groups is 2. The van der Waals surface area contributed by atoms with Gasteiger partial charge in [0.2, 0.25) is 5.91 Å².